The average Bonchev–Trinajstić information content (AvgIpc) is 3.67. The van der Waals surface area contributed by atoms with Crippen molar-refractivity contribution in [1.82, 2.24) is 4.57 Å². The van der Waals surface area contributed by atoms with Gasteiger partial charge in [0.05, 0.1) is 47.1 Å². The molecule has 3 heterocycles. The number of carbonyl (C=O) groups excluding carboxylic acids is 1. The van der Waals surface area contributed by atoms with E-state index in [9.17, 15) is 19.7 Å². The van der Waals surface area contributed by atoms with Crippen molar-refractivity contribution in [1.29, 1.82) is 0 Å². The number of nitro groups is 1. The largest absolute Gasteiger partial charge is 0.496 e. The number of nitrogens with zero attached hydrogens (tertiary/aromatic N) is 3. The van der Waals surface area contributed by atoms with E-state index < -0.39 is 16.9 Å². The number of carbonyl (C=O) groups is 1. The van der Waals surface area contributed by atoms with Crippen molar-refractivity contribution in [3.05, 3.63) is 119 Å². The molecule has 47 heavy (non-hydrogen) atoms. The minimum absolute atomic E-state index is 0.115. The average molecular weight is 654 g/mol. The number of ether oxygens (including phenoxy) is 3. The molecule has 11 nitrogen and oxygen atoms in total. The van der Waals surface area contributed by atoms with Crippen LogP contribution in [0.25, 0.3) is 28.2 Å². The molecule has 1 aliphatic rings. The number of aromatic nitrogens is 1. The summed E-state index contributed by atoms with van der Waals surface area (Å²) in [5.41, 5.74) is 1.40. The Morgan fingerprint density at radius 3 is 2.55 bits per heavy atom. The zero-order chi connectivity index (χ0) is 33.2. The van der Waals surface area contributed by atoms with E-state index in [1.54, 1.807) is 32.2 Å². The Morgan fingerprint density at radius 1 is 1.06 bits per heavy atom. The first-order chi connectivity index (χ1) is 22.8. The van der Waals surface area contributed by atoms with Gasteiger partial charge in [-0.05, 0) is 48.4 Å². The number of methoxy groups -OCH3 is 2. The van der Waals surface area contributed by atoms with Crippen molar-refractivity contribution in [2.45, 2.75) is 32.7 Å². The third-order valence-corrected chi connectivity index (χ3v) is 8.86. The topological polar surface area (TPSA) is 135 Å². The van der Waals surface area contributed by atoms with E-state index in [0.29, 0.717) is 67.6 Å². The number of esters is 1. The molecule has 240 valence electrons. The standard InChI is InChI=1S/C35H31N3O8S/c1-5-9-25-31(34(40)45-6-2)32(30-23-11-8-7-10-20(23)12-15-28(30)44-4)37-33(39)29(47-35(37)36-25)19-22-14-17-27(46-22)24-18-21(38(41)42)13-16-26(24)43-3/h7-8,10-19,32H,5-6,9H2,1-4H3/b29-19-. The Bertz CT molecular complexity index is 2240. The molecule has 0 amide bonds. The van der Waals surface area contributed by atoms with E-state index in [0.717, 1.165) is 10.8 Å². The predicted octanol–water partition coefficient (Wildman–Crippen LogP) is 5.92. The molecule has 0 saturated heterocycles. The highest BCUT2D eigenvalue weighted by Crippen LogP contribution is 2.41. The third kappa shape index (κ3) is 5.72. The summed E-state index contributed by atoms with van der Waals surface area (Å²) in [5, 5.41) is 13.2. The lowest BCUT2D eigenvalue weighted by Gasteiger charge is -2.28. The molecule has 2 aromatic heterocycles. The molecule has 0 aliphatic carbocycles. The Hall–Kier alpha value is -5.49. The first kappa shape index (κ1) is 31.5. The number of hydrogen-bond donors (Lipinski definition) is 0. The summed E-state index contributed by atoms with van der Waals surface area (Å²) in [4.78, 5) is 44.3. The Labute approximate surface area is 272 Å². The second kappa shape index (κ2) is 13.1. The molecule has 0 fully saturated rings. The quantitative estimate of drug-likeness (QED) is 0.103. The van der Waals surface area contributed by atoms with Crippen LogP contribution in [-0.2, 0) is 9.53 Å². The van der Waals surface area contributed by atoms with Crippen molar-refractivity contribution in [3.63, 3.8) is 0 Å². The lowest BCUT2D eigenvalue weighted by Crippen LogP contribution is -2.40. The summed E-state index contributed by atoms with van der Waals surface area (Å²) < 4.78 is 24.7. The van der Waals surface area contributed by atoms with E-state index in [1.165, 1.54) is 41.2 Å². The van der Waals surface area contributed by atoms with E-state index in [2.05, 4.69) is 0 Å². The van der Waals surface area contributed by atoms with Gasteiger partial charge >= 0.3 is 5.97 Å². The van der Waals surface area contributed by atoms with Gasteiger partial charge in [-0.15, -0.1) is 0 Å². The van der Waals surface area contributed by atoms with Crippen LogP contribution in [0.2, 0.25) is 0 Å². The van der Waals surface area contributed by atoms with E-state index in [4.69, 9.17) is 23.6 Å². The first-order valence-corrected chi connectivity index (χ1v) is 15.8. The maximum Gasteiger partial charge on any atom is 0.338 e. The normalized spacial score (nSPS) is 14.6. The monoisotopic (exact) mass is 653 g/mol. The number of nitro benzene ring substituents is 1. The highest BCUT2D eigenvalue weighted by atomic mass is 32.1. The number of allylic oxidation sites excluding steroid dienone is 1. The molecule has 6 rings (SSSR count). The number of non-ortho nitro benzene ring substituents is 1. The third-order valence-electron chi connectivity index (χ3n) is 7.88. The van der Waals surface area contributed by atoms with Crippen molar-refractivity contribution in [2.75, 3.05) is 20.8 Å². The van der Waals surface area contributed by atoms with Crippen LogP contribution in [0.1, 0.15) is 44.1 Å². The lowest BCUT2D eigenvalue weighted by molar-refractivity contribution is -0.384. The summed E-state index contributed by atoms with van der Waals surface area (Å²) >= 11 is 1.18. The van der Waals surface area contributed by atoms with Gasteiger partial charge in [0.1, 0.15) is 29.1 Å². The number of hydrogen-bond acceptors (Lipinski definition) is 10. The molecule has 1 unspecified atom stereocenters. The summed E-state index contributed by atoms with van der Waals surface area (Å²) in [6.45, 7) is 3.89. The second-order valence-electron chi connectivity index (χ2n) is 10.7. The molecule has 0 radical (unpaired) electrons. The van der Waals surface area contributed by atoms with Crippen LogP contribution >= 0.6 is 11.3 Å². The molecular weight excluding hydrogens is 622 g/mol. The lowest BCUT2D eigenvalue weighted by atomic mass is 9.90. The molecule has 5 aromatic rings. The number of benzene rings is 3. The fourth-order valence-corrected chi connectivity index (χ4v) is 6.84. The van der Waals surface area contributed by atoms with E-state index in [1.807, 2.05) is 43.3 Å². The molecule has 0 N–H and O–H groups in total. The number of furan rings is 1. The fraction of sp³-hybridized carbons (Fsp3) is 0.229. The van der Waals surface area contributed by atoms with Crippen LogP contribution in [-0.4, -0.2) is 36.3 Å². The molecule has 0 bridgehead atoms. The minimum Gasteiger partial charge on any atom is -0.496 e. The van der Waals surface area contributed by atoms with Gasteiger partial charge in [-0.2, -0.15) is 0 Å². The maximum atomic E-state index is 14.4. The molecule has 0 saturated carbocycles. The Kier molecular flexibility index (Phi) is 8.77. The van der Waals surface area contributed by atoms with Gasteiger partial charge in [-0.25, -0.2) is 9.79 Å². The highest BCUT2D eigenvalue weighted by molar-refractivity contribution is 7.07. The Balaban J connectivity index is 1.58. The SMILES string of the molecule is CCCC1=C(C(=O)OCC)C(c2c(OC)ccc3ccccc23)n2c(s/c(=C\c3ccc(-c4cc([N+](=O)[O-])ccc4OC)o3)c2=O)=N1. The first-order valence-electron chi connectivity index (χ1n) is 15.0. The van der Waals surface area contributed by atoms with Crippen LogP contribution in [0.5, 0.6) is 11.5 Å². The van der Waals surface area contributed by atoms with Crippen molar-refractivity contribution >= 4 is 39.8 Å². The minimum atomic E-state index is -0.878. The number of fused-ring (bicyclic) bond motifs is 2. The van der Waals surface area contributed by atoms with Gasteiger partial charge in [-0.3, -0.25) is 19.5 Å². The van der Waals surface area contributed by atoms with Crippen LogP contribution in [0.4, 0.5) is 5.69 Å². The van der Waals surface area contributed by atoms with Gasteiger partial charge in [-0.1, -0.05) is 55.0 Å². The van der Waals surface area contributed by atoms with Gasteiger partial charge in [0.2, 0.25) is 0 Å². The molecule has 0 spiro atoms. The zero-order valence-corrected chi connectivity index (χ0v) is 27.0. The van der Waals surface area contributed by atoms with Crippen molar-refractivity contribution < 1.29 is 28.3 Å². The molecule has 3 aromatic carbocycles. The molecule has 1 aliphatic heterocycles. The fourth-order valence-electron chi connectivity index (χ4n) is 5.84. The molecule has 12 heteroatoms. The summed E-state index contributed by atoms with van der Waals surface area (Å²) in [5.74, 6) is 1.05. The smallest absolute Gasteiger partial charge is 0.338 e. The zero-order valence-electron chi connectivity index (χ0n) is 26.1. The second-order valence-corrected chi connectivity index (χ2v) is 11.7. The molecular formula is C35H31N3O8S. The van der Waals surface area contributed by atoms with Crippen LogP contribution in [0, 0.1) is 10.1 Å². The number of rotatable bonds is 10. The molecule has 1 atom stereocenters. The Morgan fingerprint density at radius 2 is 1.83 bits per heavy atom. The van der Waals surface area contributed by atoms with Crippen molar-refractivity contribution in [2.24, 2.45) is 4.99 Å². The van der Waals surface area contributed by atoms with Gasteiger partial charge < -0.3 is 18.6 Å². The van der Waals surface area contributed by atoms with Crippen LogP contribution in [0.3, 0.4) is 0 Å². The van der Waals surface area contributed by atoms with Gasteiger partial charge in [0.25, 0.3) is 11.2 Å². The van der Waals surface area contributed by atoms with E-state index >= 15 is 0 Å². The number of thiazole rings is 1. The van der Waals surface area contributed by atoms with Gasteiger partial charge in [0.15, 0.2) is 4.80 Å². The van der Waals surface area contributed by atoms with Crippen molar-refractivity contribution in [3.8, 4) is 22.8 Å². The predicted molar refractivity (Wildman–Crippen MR) is 177 cm³/mol. The summed E-state index contributed by atoms with van der Waals surface area (Å²) in [6.07, 6.45) is 2.81. The summed E-state index contributed by atoms with van der Waals surface area (Å²) in [7, 11) is 3.02. The van der Waals surface area contributed by atoms with E-state index in [-0.39, 0.29) is 17.9 Å². The highest BCUT2D eigenvalue weighted by Gasteiger charge is 2.37. The van der Waals surface area contributed by atoms with Crippen LogP contribution in [0.15, 0.2) is 92.2 Å². The van der Waals surface area contributed by atoms with Gasteiger partial charge in [0, 0.05) is 23.8 Å². The maximum absolute atomic E-state index is 14.4. The summed E-state index contributed by atoms with van der Waals surface area (Å²) in [6, 6.07) is 18.2. The van der Waals surface area contributed by atoms with Crippen LogP contribution < -0.4 is 24.4 Å².